The number of hydrogen-bond donors (Lipinski definition) is 1. The van der Waals surface area contributed by atoms with Crippen LogP contribution in [0.5, 0.6) is 0 Å². The van der Waals surface area contributed by atoms with Crippen molar-refractivity contribution in [2.45, 2.75) is 39.2 Å². The van der Waals surface area contributed by atoms with Crippen LogP contribution in [0.25, 0.3) is 5.69 Å². The van der Waals surface area contributed by atoms with E-state index < -0.39 is 13.0 Å². The molecular formula is C21H29F2N5O2. The number of alkyl halides is 2. The number of rotatable bonds is 11. The first-order chi connectivity index (χ1) is 14.6. The van der Waals surface area contributed by atoms with Gasteiger partial charge in [0.15, 0.2) is 5.82 Å². The minimum absolute atomic E-state index is 0.0155. The molecule has 1 saturated heterocycles. The Labute approximate surface area is 175 Å². The molecule has 1 aliphatic carbocycles. The van der Waals surface area contributed by atoms with Crippen molar-refractivity contribution in [3.8, 4) is 5.69 Å². The summed E-state index contributed by atoms with van der Waals surface area (Å²) in [5, 5.41) is 16.3. The minimum Gasteiger partial charge on any atom is -0.381 e. The van der Waals surface area contributed by atoms with E-state index in [0.29, 0.717) is 37.3 Å². The maximum atomic E-state index is 12.2. The van der Waals surface area contributed by atoms with E-state index in [1.165, 1.54) is 5.56 Å². The Kier molecular flexibility index (Phi) is 6.70. The molecule has 7 nitrogen and oxygen atoms in total. The molecular weight excluding hydrogens is 392 g/mol. The van der Waals surface area contributed by atoms with Gasteiger partial charge in [-0.1, -0.05) is 25.1 Å². The van der Waals surface area contributed by atoms with Gasteiger partial charge in [-0.2, -0.15) is 4.68 Å². The van der Waals surface area contributed by atoms with Crippen LogP contribution in [0.4, 0.5) is 8.78 Å². The maximum Gasteiger partial charge on any atom is 0.261 e. The Hall–Kier alpha value is -1.97. The zero-order valence-corrected chi connectivity index (χ0v) is 17.4. The van der Waals surface area contributed by atoms with Crippen LogP contribution >= 0.6 is 0 Å². The van der Waals surface area contributed by atoms with E-state index in [-0.39, 0.29) is 6.04 Å². The van der Waals surface area contributed by atoms with Crippen molar-refractivity contribution in [2.75, 3.05) is 33.0 Å². The summed E-state index contributed by atoms with van der Waals surface area (Å²) in [5.74, 6) is 2.25. The number of para-hydroxylation sites is 1. The number of hydrogen-bond acceptors (Lipinski definition) is 6. The molecule has 30 heavy (non-hydrogen) atoms. The summed E-state index contributed by atoms with van der Waals surface area (Å²) in [4.78, 5) is 0. The monoisotopic (exact) mass is 421 g/mol. The minimum atomic E-state index is -2.43. The molecule has 1 aromatic carbocycles. The highest BCUT2D eigenvalue weighted by Crippen LogP contribution is 2.56. The third kappa shape index (κ3) is 4.38. The van der Waals surface area contributed by atoms with Crippen LogP contribution in [0.1, 0.15) is 36.3 Å². The lowest BCUT2D eigenvalue weighted by atomic mass is 10.0. The Balaban J connectivity index is 1.52. The average molecular weight is 421 g/mol. The van der Waals surface area contributed by atoms with Gasteiger partial charge in [-0.15, -0.1) is 5.10 Å². The van der Waals surface area contributed by atoms with E-state index in [0.717, 1.165) is 36.7 Å². The summed E-state index contributed by atoms with van der Waals surface area (Å²) < 4.78 is 36.9. The summed E-state index contributed by atoms with van der Waals surface area (Å²) in [6.07, 6.45) is -0.894. The van der Waals surface area contributed by atoms with Crippen LogP contribution in [0.2, 0.25) is 0 Å². The van der Waals surface area contributed by atoms with Crippen molar-refractivity contribution in [1.82, 2.24) is 25.5 Å². The molecule has 2 heterocycles. The predicted octanol–water partition coefficient (Wildman–Crippen LogP) is 2.73. The fraction of sp³-hybridized carbons (Fsp3) is 0.667. The lowest BCUT2D eigenvalue weighted by Crippen LogP contribution is -2.30. The van der Waals surface area contributed by atoms with Crippen LogP contribution in [-0.4, -0.2) is 59.6 Å². The molecule has 1 aromatic heterocycles. The second-order valence-electron chi connectivity index (χ2n) is 8.08. The fourth-order valence-electron chi connectivity index (χ4n) is 4.64. The molecule has 164 valence electrons. The van der Waals surface area contributed by atoms with Gasteiger partial charge < -0.3 is 14.8 Å². The van der Waals surface area contributed by atoms with Gasteiger partial charge in [0, 0.05) is 6.61 Å². The summed E-state index contributed by atoms with van der Waals surface area (Å²) in [6.45, 7) is 6.18. The second kappa shape index (κ2) is 9.45. The molecule has 4 atom stereocenters. The van der Waals surface area contributed by atoms with Gasteiger partial charge in [-0.25, -0.2) is 8.78 Å². The van der Waals surface area contributed by atoms with Crippen LogP contribution in [0.15, 0.2) is 18.2 Å². The van der Waals surface area contributed by atoms with E-state index in [4.69, 9.17) is 9.47 Å². The SMILES string of the molecule is CCc1cccc(C)c1-n1nnnc1C(NCCCOCC(F)F)C1[C@H]2COC[C@@H]12. The van der Waals surface area contributed by atoms with Crippen LogP contribution in [0.3, 0.4) is 0 Å². The van der Waals surface area contributed by atoms with Gasteiger partial charge in [0.25, 0.3) is 6.43 Å². The van der Waals surface area contributed by atoms with Crippen molar-refractivity contribution in [3.05, 3.63) is 35.2 Å². The van der Waals surface area contributed by atoms with Gasteiger partial charge in [0.1, 0.15) is 6.61 Å². The maximum absolute atomic E-state index is 12.2. The van der Waals surface area contributed by atoms with E-state index in [1.54, 1.807) is 0 Å². The van der Waals surface area contributed by atoms with E-state index >= 15 is 0 Å². The van der Waals surface area contributed by atoms with Crippen molar-refractivity contribution in [1.29, 1.82) is 0 Å². The molecule has 1 saturated carbocycles. The number of aryl methyl sites for hydroxylation is 2. The topological polar surface area (TPSA) is 74.1 Å². The number of ether oxygens (including phenoxy) is 2. The summed E-state index contributed by atoms with van der Waals surface area (Å²) in [7, 11) is 0. The third-order valence-electron chi connectivity index (χ3n) is 6.16. The molecule has 4 rings (SSSR count). The zero-order chi connectivity index (χ0) is 21.1. The van der Waals surface area contributed by atoms with Crippen LogP contribution in [-0.2, 0) is 15.9 Å². The number of fused-ring (bicyclic) bond motifs is 1. The van der Waals surface area contributed by atoms with E-state index in [1.807, 2.05) is 4.68 Å². The summed E-state index contributed by atoms with van der Waals surface area (Å²) in [5.41, 5.74) is 3.36. The smallest absolute Gasteiger partial charge is 0.261 e. The Bertz CT molecular complexity index is 837. The molecule has 0 spiro atoms. The van der Waals surface area contributed by atoms with Crippen molar-refractivity contribution in [3.63, 3.8) is 0 Å². The fourth-order valence-corrected chi connectivity index (χ4v) is 4.64. The summed E-state index contributed by atoms with van der Waals surface area (Å²) in [6, 6.07) is 6.22. The molecule has 9 heteroatoms. The number of benzene rings is 1. The molecule has 2 aromatic rings. The van der Waals surface area contributed by atoms with Gasteiger partial charge in [0.2, 0.25) is 0 Å². The number of nitrogens with zero attached hydrogens (tertiary/aromatic N) is 4. The van der Waals surface area contributed by atoms with Crippen molar-refractivity contribution < 1.29 is 18.3 Å². The highest BCUT2D eigenvalue weighted by atomic mass is 19.3. The molecule has 2 aliphatic rings. The average Bonchev–Trinajstić information content (AvgIpc) is 3.09. The summed E-state index contributed by atoms with van der Waals surface area (Å²) >= 11 is 0. The standard InChI is InChI=1S/C21H29F2N5O2/c1-3-14-7-4-6-13(2)20(14)28-21(25-26-27-28)19(18-15-10-30-11-16(15)18)24-8-5-9-29-12-17(22)23/h4,6-7,15-19,24H,3,5,8-12H2,1-2H3/t15-,16+,18?,19?. The molecule has 1 aliphatic heterocycles. The highest BCUT2D eigenvalue weighted by molar-refractivity contribution is 5.47. The van der Waals surface area contributed by atoms with Crippen LogP contribution < -0.4 is 5.32 Å². The first-order valence-corrected chi connectivity index (χ1v) is 10.7. The number of nitrogens with one attached hydrogen (secondary N) is 1. The van der Waals surface area contributed by atoms with Gasteiger partial charge in [0.05, 0.1) is 24.9 Å². The molecule has 0 bridgehead atoms. The number of aromatic nitrogens is 4. The first kappa shape index (κ1) is 21.3. The van der Waals surface area contributed by atoms with Gasteiger partial charge in [-0.3, -0.25) is 0 Å². The third-order valence-corrected chi connectivity index (χ3v) is 6.16. The Morgan fingerprint density at radius 2 is 2.10 bits per heavy atom. The van der Waals surface area contributed by atoms with E-state index in [2.05, 4.69) is 52.9 Å². The highest BCUT2D eigenvalue weighted by Gasteiger charge is 2.58. The second-order valence-corrected chi connectivity index (χ2v) is 8.08. The largest absolute Gasteiger partial charge is 0.381 e. The molecule has 2 unspecified atom stereocenters. The van der Waals surface area contributed by atoms with Crippen LogP contribution in [0, 0.1) is 24.7 Å². The van der Waals surface area contributed by atoms with Crippen molar-refractivity contribution >= 4 is 0 Å². The van der Waals surface area contributed by atoms with E-state index in [9.17, 15) is 8.78 Å². The normalized spacial score (nSPS) is 23.7. The molecule has 0 radical (unpaired) electrons. The Morgan fingerprint density at radius 3 is 2.83 bits per heavy atom. The number of halogens is 2. The molecule has 1 N–H and O–H groups in total. The predicted molar refractivity (Wildman–Crippen MR) is 107 cm³/mol. The molecule has 0 amide bonds. The Morgan fingerprint density at radius 1 is 1.30 bits per heavy atom. The quantitative estimate of drug-likeness (QED) is 0.563. The lowest BCUT2D eigenvalue weighted by Gasteiger charge is -2.21. The van der Waals surface area contributed by atoms with Gasteiger partial charge >= 0.3 is 0 Å². The van der Waals surface area contributed by atoms with Gasteiger partial charge in [-0.05, 0) is 65.6 Å². The zero-order valence-electron chi connectivity index (χ0n) is 17.4. The molecule has 2 fully saturated rings. The van der Waals surface area contributed by atoms with Crippen molar-refractivity contribution in [2.24, 2.45) is 17.8 Å². The first-order valence-electron chi connectivity index (χ1n) is 10.7. The number of tetrazole rings is 1. The lowest BCUT2D eigenvalue weighted by molar-refractivity contribution is 0.0165.